The average molecular weight is 327 g/mol. The van der Waals surface area contributed by atoms with E-state index in [0.717, 1.165) is 0 Å². The maximum Gasteiger partial charge on any atom is 0.337 e. The number of nitrogen functional groups attached to an aromatic ring is 1. The Morgan fingerprint density at radius 3 is 2.52 bits per heavy atom. The fourth-order valence-corrected chi connectivity index (χ4v) is 3.05. The molecule has 0 saturated heterocycles. The number of nitrogens with two attached hydrogens (primary N) is 1. The Morgan fingerprint density at radius 1 is 1.19 bits per heavy atom. The van der Waals surface area contributed by atoms with E-state index in [-0.39, 0.29) is 26.9 Å². The summed E-state index contributed by atoms with van der Waals surface area (Å²) >= 11 is 5.75. The molecule has 2 rings (SSSR count). The van der Waals surface area contributed by atoms with Gasteiger partial charge in [0.15, 0.2) is 0 Å². The number of carboxylic acids is 1. The minimum Gasteiger partial charge on any atom is -0.478 e. The van der Waals surface area contributed by atoms with Gasteiger partial charge in [0.05, 0.1) is 16.1 Å². The predicted octanol–water partition coefficient (Wildman–Crippen LogP) is 2.42. The van der Waals surface area contributed by atoms with Gasteiger partial charge in [-0.1, -0.05) is 17.7 Å². The molecule has 0 heterocycles. The van der Waals surface area contributed by atoms with Crippen LogP contribution >= 0.6 is 11.6 Å². The van der Waals surface area contributed by atoms with Crippen molar-refractivity contribution < 1.29 is 18.3 Å². The molecule has 6 nitrogen and oxygen atoms in total. The van der Waals surface area contributed by atoms with Crippen molar-refractivity contribution in [3.05, 3.63) is 53.1 Å². The molecule has 0 amide bonds. The molecule has 0 radical (unpaired) electrons. The maximum absolute atomic E-state index is 12.2. The summed E-state index contributed by atoms with van der Waals surface area (Å²) in [5.74, 6) is -1.29. The lowest BCUT2D eigenvalue weighted by molar-refractivity contribution is 0.0698. The smallest absolute Gasteiger partial charge is 0.337 e. The molecule has 0 unspecified atom stereocenters. The van der Waals surface area contributed by atoms with Gasteiger partial charge < -0.3 is 10.8 Å². The molecule has 0 aliphatic carbocycles. The van der Waals surface area contributed by atoms with Gasteiger partial charge in [-0.15, -0.1) is 0 Å². The molecule has 0 saturated carbocycles. The topological polar surface area (TPSA) is 109 Å². The third kappa shape index (κ3) is 3.45. The predicted molar refractivity (Wildman–Crippen MR) is 80.1 cm³/mol. The molecule has 0 aliphatic rings. The van der Waals surface area contributed by atoms with Crippen LogP contribution in [0.15, 0.2) is 47.4 Å². The summed E-state index contributed by atoms with van der Waals surface area (Å²) in [5.41, 5.74) is 5.41. The maximum atomic E-state index is 12.2. The number of sulfonamides is 1. The first-order valence-electron chi connectivity index (χ1n) is 5.71. The minimum absolute atomic E-state index is 0.0665. The number of carbonyl (C=O) groups is 1. The Labute approximate surface area is 126 Å². The normalized spacial score (nSPS) is 11.1. The fraction of sp³-hybridized carbons (Fsp3) is 0. The molecule has 8 heteroatoms. The number of nitrogens with one attached hydrogen (secondary N) is 1. The summed E-state index contributed by atoms with van der Waals surface area (Å²) in [6, 6.07) is 9.51. The molecule has 110 valence electrons. The zero-order chi connectivity index (χ0) is 15.6. The number of halogens is 1. The second-order valence-corrected chi connectivity index (χ2v) is 6.29. The highest BCUT2D eigenvalue weighted by molar-refractivity contribution is 7.92. The Bertz CT molecular complexity index is 806. The van der Waals surface area contributed by atoms with Crippen LogP contribution in [0, 0.1) is 0 Å². The van der Waals surface area contributed by atoms with Crippen molar-refractivity contribution in [2.45, 2.75) is 4.90 Å². The van der Waals surface area contributed by atoms with Crippen LogP contribution in [0.2, 0.25) is 5.02 Å². The highest BCUT2D eigenvalue weighted by Crippen LogP contribution is 2.23. The molecule has 0 atom stereocenters. The van der Waals surface area contributed by atoms with E-state index >= 15 is 0 Å². The Balaban J connectivity index is 2.44. The molecule has 0 fully saturated rings. The Kier molecular flexibility index (Phi) is 4.06. The van der Waals surface area contributed by atoms with Crippen LogP contribution in [0.3, 0.4) is 0 Å². The number of aromatic carboxylic acids is 1. The molecular weight excluding hydrogens is 316 g/mol. The van der Waals surface area contributed by atoms with E-state index in [1.54, 1.807) is 0 Å². The first kappa shape index (κ1) is 15.1. The standard InChI is InChI=1S/C13H11ClN2O4S/c14-8-2-1-3-10(6-8)21(19,20)16-12-5-4-9(15)7-11(12)13(17)18/h1-7,16H,15H2,(H,17,18). The van der Waals surface area contributed by atoms with Crippen LogP contribution < -0.4 is 10.5 Å². The number of carboxylic acid groups (broad SMARTS) is 1. The first-order chi connectivity index (χ1) is 9.79. The summed E-state index contributed by atoms with van der Waals surface area (Å²) < 4.78 is 26.7. The van der Waals surface area contributed by atoms with Gasteiger partial charge in [0.1, 0.15) is 0 Å². The van der Waals surface area contributed by atoms with Gasteiger partial charge in [0, 0.05) is 10.7 Å². The largest absolute Gasteiger partial charge is 0.478 e. The Morgan fingerprint density at radius 2 is 1.90 bits per heavy atom. The average Bonchev–Trinajstić information content (AvgIpc) is 2.40. The van der Waals surface area contributed by atoms with Gasteiger partial charge in [-0.3, -0.25) is 4.72 Å². The van der Waals surface area contributed by atoms with Crippen molar-refractivity contribution in [1.29, 1.82) is 0 Å². The van der Waals surface area contributed by atoms with Gasteiger partial charge in [0.25, 0.3) is 10.0 Å². The second kappa shape index (κ2) is 5.63. The number of anilines is 2. The molecule has 2 aromatic carbocycles. The van der Waals surface area contributed by atoms with Gasteiger partial charge in [-0.05, 0) is 36.4 Å². The third-order valence-corrected chi connectivity index (χ3v) is 4.22. The number of hydrogen-bond acceptors (Lipinski definition) is 4. The molecule has 0 spiro atoms. The van der Waals surface area contributed by atoms with Crippen molar-refractivity contribution in [2.24, 2.45) is 0 Å². The zero-order valence-electron chi connectivity index (χ0n) is 10.6. The van der Waals surface area contributed by atoms with E-state index in [9.17, 15) is 13.2 Å². The van der Waals surface area contributed by atoms with Crippen LogP contribution in [0.4, 0.5) is 11.4 Å². The monoisotopic (exact) mass is 326 g/mol. The van der Waals surface area contributed by atoms with Crippen LogP contribution in [-0.2, 0) is 10.0 Å². The first-order valence-corrected chi connectivity index (χ1v) is 7.57. The highest BCUT2D eigenvalue weighted by atomic mass is 35.5. The summed E-state index contributed by atoms with van der Waals surface area (Å²) in [6.07, 6.45) is 0. The number of benzene rings is 2. The summed E-state index contributed by atoms with van der Waals surface area (Å²) in [5, 5.41) is 9.35. The van der Waals surface area contributed by atoms with Crippen LogP contribution in [-0.4, -0.2) is 19.5 Å². The van der Waals surface area contributed by atoms with Gasteiger partial charge in [-0.25, -0.2) is 13.2 Å². The van der Waals surface area contributed by atoms with E-state index in [2.05, 4.69) is 4.72 Å². The van der Waals surface area contributed by atoms with Crippen molar-refractivity contribution in [1.82, 2.24) is 0 Å². The Hall–Kier alpha value is -2.25. The quantitative estimate of drug-likeness (QED) is 0.747. The molecule has 2 aromatic rings. The third-order valence-electron chi connectivity index (χ3n) is 2.62. The second-order valence-electron chi connectivity index (χ2n) is 4.17. The van der Waals surface area contributed by atoms with Crippen molar-refractivity contribution in [3.63, 3.8) is 0 Å². The van der Waals surface area contributed by atoms with Gasteiger partial charge in [0.2, 0.25) is 0 Å². The number of rotatable bonds is 4. The lowest BCUT2D eigenvalue weighted by Crippen LogP contribution is -2.15. The van der Waals surface area contributed by atoms with E-state index in [1.165, 1.54) is 42.5 Å². The van der Waals surface area contributed by atoms with E-state index in [0.29, 0.717) is 0 Å². The summed E-state index contributed by atoms with van der Waals surface area (Å²) in [7, 11) is -3.94. The molecule has 0 aromatic heterocycles. The lowest BCUT2D eigenvalue weighted by atomic mass is 10.1. The molecule has 0 aliphatic heterocycles. The highest BCUT2D eigenvalue weighted by Gasteiger charge is 2.19. The van der Waals surface area contributed by atoms with Crippen molar-refractivity contribution >= 4 is 39.0 Å². The SMILES string of the molecule is Nc1ccc(NS(=O)(=O)c2cccc(Cl)c2)c(C(=O)O)c1. The van der Waals surface area contributed by atoms with E-state index in [4.69, 9.17) is 22.4 Å². The van der Waals surface area contributed by atoms with Crippen molar-refractivity contribution in [2.75, 3.05) is 10.5 Å². The summed E-state index contributed by atoms with van der Waals surface area (Å²) in [6.45, 7) is 0. The van der Waals surface area contributed by atoms with Crippen LogP contribution in [0.5, 0.6) is 0 Å². The molecule has 0 bridgehead atoms. The minimum atomic E-state index is -3.94. The number of hydrogen-bond donors (Lipinski definition) is 3. The summed E-state index contributed by atoms with van der Waals surface area (Å²) in [4.78, 5) is 11.1. The molecule has 4 N–H and O–H groups in total. The van der Waals surface area contributed by atoms with Gasteiger partial charge >= 0.3 is 5.97 Å². The lowest BCUT2D eigenvalue weighted by Gasteiger charge is -2.11. The van der Waals surface area contributed by atoms with Gasteiger partial charge in [-0.2, -0.15) is 0 Å². The molecular formula is C13H11ClN2O4S. The fourth-order valence-electron chi connectivity index (χ4n) is 1.67. The zero-order valence-corrected chi connectivity index (χ0v) is 12.1. The van der Waals surface area contributed by atoms with Crippen LogP contribution in [0.25, 0.3) is 0 Å². The van der Waals surface area contributed by atoms with Crippen LogP contribution in [0.1, 0.15) is 10.4 Å². The molecule has 21 heavy (non-hydrogen) atoms. The van der Waals surface area contributed by atoms with E-state index < -0.39 is 16.0 Å². The van der Waals surface area contributed by atoms with Crippen molar-refractivity contribution in [3.8, 4) is 0 Å². The van der Waals surface area contributed by atoms with E-state index in [1.807, 2.05) is 0 Å².